The van der Waals surface area contributed by atoms with Crippen LogP contribution in [-0.2, 0) is 14.3 Å². The molecule has 0 aliphatic carbocycles. The summed E-state index contributed by atoms with van der Waals surface area (Å²) in [5.74, 6) is -3.10. The van der Waals surface area contributed by atoms with Crippen LogP contribution in [0.2, 0.25) is 0 Å². The van der Waals surface area contributed by atoms with Crippen LogP contribution in [0.1, 0.15) is 10.4 Å². The predicted molar refractivity (Wildman–Crippen MR) is 62.0 cm³/mol. The predicted octanol–water partition coefficient (Wildman–Crippen LogP) is -1.20. The first-order valence-corrected chi connectivity index (χ1v) is 4.82. The molecule has 1 unspecified atom stereocenters. The minimum atomic E-state index is -1.48. The molecule has 6 nitrogen and oxygen atoms in total. The van der Waals surface area contributed by atoms with Gasteiger partial charge in [-0.1, -0.05) is 0 Å². The van der Waals surface area contributed by atoms with Crippen molar-refractivity contribution >= 4 is 31.1 Å². The number of Topliss-reactive ketones (excluding diaryl/α,β-unsaturated/α-hetero) is 1. The van der Waals surface area contributed by atoms with Crippen molar-refractivity contribution in [2.45, 2.75) is 0 Å². The average Bonchev–Trinajstić information content (AvgIpc) is 2.28. The van der Waals surface area contributed by atoms with Crippen LogP contribution >= 0.6 is 0 Å². The number of carbonyl (C=O) groups is 3. The molecule has 1 rings (SSSR count). The first-order valence-electron chi connectivity index (χ1n) is 4.82. The van der Waals surface area contributed by atoms with Gasteiger partial charge in [0, 0.05) is 6.20 Å². The van der Waals surface area contributed by atoms with Gasteiger partial charge in [-0.15, -0.1) is 0 Å². The molecule has 1 aromatic rings. The molecule has 0 bridgehead atoms. The smallest absolute Gasteiger partial charge is 0.323 e. The van der Waals surface area contributed by atoms with Crippen molar-refractivity contribution < 1.29 is 19.1 Å². The fourth-order valence-electron chi connectivity index (χ4n) is 1.36. The highest BCUT2D eigenvalue weighted by Crippen LogP contribution is 2.15. The van der Waals surface area contributed by atoms with Crippen LogP contribution in [0.4, 0.5) is 5.82 Å². The Morgan fingerprint density at radius 3 is 2.59 bits per heavy atom. The van der Waals surface area contributed by atoms with Gasteiger partial charge in [-0.3, -0.25) is 9.59 Å². The second-order valence-corrected chi connectivity index (χ2v) is 3.37. The van der Waals surface area contributed by atoms with Gasteiger partial charge in [0.25, 0.3) is 0 Å². The highest BCUT2D eigenvalue weighted by molar-refractivity contribution is 6.62. The number of nitrogen functional groups attached to an aromatic ring is 1. The van der Waals surface area contributed by atoms with Crippen molar-refractivity contribution in [2.75, 3.05) is 12.8 Å². The molecule has 0 spiro atoms. The Labute approximate surface area is 98.6 Å². The number of nitrogens with zero attached hydrogens (tertiary/aromatic N) is 1. The topological polar surface area (TPSA) is 99.4 Å². The Bertz CT molecular complexity index is 475. The first-order chi connectivity index (χ1) is 7.99. The van der Waals surface area contributed by atoms with E-state index in [1.54, 1.807) is 0 Å². The van der Waals surface area contributed by atoms with E-state index in [-0.39, 0.29) is 11.4 Å². The number of hydrogen-bond acceptors (Lipinski definition) is 6. The minimum Gasteiger partial charge on any atom is -0.468 e. The van der Waals surface area contributed by atoms with Gasteiger partial charge in [0.05, 0.1) is 12.7 Å². The maximum Gasteiger partial charge on any atom is 0.323 e. The molecule has 7 heteroatoms. The van der Waals surface area contributed by atoms with Crippen LogP contribution in [0.25, 0.3) is 0 Å². The molecule has 88 valence electrons. The van der Waals surface area contributed by atoms with Gasteiger partial charge in [0.2, 0.25) is 0 Å². The number of ether oxygens (including phenoxy) is 1. The molecule has 0 aliphatic heterocycles. The summed E-state index contributed by atoms with van der Waals surface area (Å²) in [7, 11) is 2.25. The number of hydrogen-bond donors (Lipinski definition) is 1. The Morgan fingerprint density at radius 1 is 1.47 bits per heavy atom. The van der Waals surface area contributed by atoms with E-state index >= 15 is 0 Å². The number of rotatable bonds is 4. The highest BCUT2D eigenvalue weighted by Gasteiger charge is 2.33. The molecular weight excluding hydrogens is 223 g/mol. The molecule has 1 aromatic heterocycles. The third kappa shape index (κ3) is 2.69. The minimum absolute atomic E-state index is 0.0207. The Hall–Kier alpha value is -2.18. The normalized spacial score (nSPS) is 11.6. The fourth-order valence-corrected chi connectivity index (χ4v) is 1.36. The van der Waals surface area contributed by atoms with Crippen molar-refractivity contribution in [1.29, 1.82) is 0 Å². The van der Waals surface area contributed by atoms with Gasteiger partial charge in [-0.25, -0.2) is 4.98 Å². The maximum absolute atomic E-state index is 12.0. The molecule has 0 saturated carbocycles. The lowest BCUT2D eigenvalue weighted by Gasteiger charge is -2.11. The number of aromatic nitrogens is 1. The number of pyridine rings is 1. The van der Waals surface area contributed by atoms with Crippen molar-refractivity contribution in [3.8, 4) is 0 Å². The molecule has 0 amide bonds. The van der Waals surface area contributed by atoms with Crippen LogP contribution in [0.3, 0.4) is 0 Å². The van der Waals surface area contributed by atoms with Crippen molar-refractivity contribution in [2.24, 2.45) is 5.92 Å². The van der Waals surface area contributed by atoms with Gasteiger partial charge >= 0.3 is 5.97 Å². The van der Waals surface area contributed by atoms with Crippen LogP contribution < -0.4 is 5.73 Å². The van der Waals surface area contributed by atoms with E-state index in [4.69, 9.17) is 5.73 Å². The summed E-state index contributed by atoms with van der Waals surface area (Å²) in [6.45, 7) is 0. The maximum atomic E-state index is 12.0. The average molecular weight is 234 g/mol. The van der Waals surface area contributed by atoms with Crippen molar-refractivity contribution in [3.05, 3.63) is 23.9 Å². The molecule has 0 fully saturated rings. The number of methoxy groups -OCH3 is 1. The zero-order valence-corrected chi connectivity index (χ0v) is 9.47. The van der Waals surface area contributed by atoms with Gasteiger partial charge in [-0.05, 0) is 12.1 Å². The van der Waals surface area contributed by atoms with Crippen LogP contribution in [0, 0.1) is 5.92 Å². The van der Waals surface area contributed by atoms with E-state index in [1.807, 2.05) is 0 Å². The quantitative estimate of drug-likeness (QED) is 0.304. The van der Waals surface area contributed by atoms with Gasteiger partial charge < -0.3 is 15.3 Å². The van der Waals surface area contributed by atoms with Gasteiger partial charge in [0.1, 0.15) is 11.5 Å². The van der Waals surface area contributed by atoms with E-state index in [0.717, 1.165) is 15.0 Å². The molecule has 0 radical (unpaired) electrons. The standard InChI is InChI=1S/C10H11BN2O4/c1-17-10(16)6(8(11)15)7(14)5-3-2-4-13-9(5)12/h2-4,6H,11H2,1H3,(H2,12,13). The SMILES string of the molecule is BC(=O)C(C(=O)OC)C(=O)c1cccnc1N. The molecule has 0 aromatic carbocycles. The third-order valence-corrected chi connectivity index (χ3v) is 2.21. The molecular formula is C10H11BN2O4. The lowest BCUT2D eigenvalue weighted by Crippen LogP contribution is -2.33. The first kappa shape index (κ1) is 12.9. The summed E-state index contributed by atoms with van der Waals surface area (Å²) in [6.07, 6.45) is 1.41. The summed E-state index contributed by atoms with van der Waals surface area (Å²) in [5.41, 5.74) is 4.95. The summed E-state index contributed by atoms with van der Waals surface area (Å²) >= 11 is 0. The lowest BCUT2D eigenvalue weighted by atomic mass is 9.84. The molecule has 0 aliphatic rings. The van der Waals surface area contributed by atoms with E-state index < -0.39 is 23.4 Å². The number of nitrogens with two attached hydrogens (primary N) is 1. The zero-order chi connectivity index (χ0) is 13.0. The van der Waals surface area contributed by atoms with E-state index in [1.165, 1.54) is 18.3 Å². The number of esters is 1. The Morgan fingerprint density at radius 2 is 2.12 bits per heavy atom. The molecule has 1 heterocycles. The monoisotopic (exact) mass is 234 g/mol. The highest BCUT2D eigenvalue weighted by atomic mass is 16.5. The second kappa shape index (κ2) is 5.24. The molecule has 0 saturated heterocycles. The Balaban J connectivity index is 3.14. The van der Waals surface area contributed by atoms with Crippen molar-refractivity contribution in [3.63, 3.8) is 0 Å². The van der Waals surface area contributed by atoms with Crippen LogP contribution in [0.15, 0.2) is 18.3 Å². The summed E-state index contributed by atoms with van der Waals surface area (Å²) in [6, 6.07) is 2.90. The Kier molecular flexibility index (Phi) is 3.98. The largest absolute Gasteiger partial charge is 0.468 e. The van der Waals surface area contributed by atoms with E-state index in [2.05, 4.69) is 9.72 Å². The van der Waals surface area contributed by atoms with Crippen LogP contribution in [0.5, 0.6) is 0 Å². The molecule has 1 atom stereocenters. The van der Waals surface area contributed by atoms with Crippen LogP contribution in [-0.4, -0.2) is 37.4 Å². The summed E-state index contributed by atoms with van der Waals surface area (Å²) in [5, 5.41) is 0. The summed E-state index contributed by atoms with van der Waals surface area (Å²) in [4.78, 5) is 38.3. The number of carbonyl (C=O) groups excluding carboxylic acids is 3. The lowest BCUT2D eigenvalue weighted by molar-refractivity contribution is -0.145. The number of ketones is 1. The third-order valence-electron chi connectivity index (χ3n) is 2.21. The molecule has 17 heavy (non-hydrogen) atoms. The van der Waals surface area contributed by atoms with E-state index in [9.17, 15) is 14.4 Å². The zero-order valence-electron chi connectivity index (χ0n) is 9.47. The van der Waals surface area contributed by atoms with Gasteiger partial charge in [0.15, 0.2) is 19.5 Å². The molecule has 2 N–H and O–H groups in total. The van der Waals surface area contributed by atoms with Gasteiger partial charge in [-0.2, -0.15) is 0 Å². The fraction of sp³-hybridized carbons (Fsp3) is 0.200. The van der Waals surface area contributed by atoms with E-state index in [0.29, 0.717) is 0 Å². The van der Waals surface area contributed by atoms with Crippen molar-refractivity contribution in [1.82, 2.24) is 4.98 Å². The summed E-state index contributed by atoms with van der Waals surface area (Å²) < 4.78 is 4.41. The second-order valence-electron chi connectivity index (χ2n) is 3.37. The number of anilines is 1.